The van der Waals surface area contributed by atoms with Crippen LogP contribution in [0.4, 0.5) is 17.1 Å². The summed E-state index contributed by atoms with van der Waals surface area (Å²) in [5, 5.41) is 32.9. The summed E-state index contributed by atoms with van der Waals surface area (Å²) < 4.78 is 1.21. The first-order valence-electron chi connectivity index (χ1n) is 9.11. The van der Waals surface area contributed by atoms with E-state index in [0.717, 1.165) is 0 Å². The van der Waals surface area contributed by atoms with Crippen LogP contribution in [0.1, 0.15) is 16.1 Å². The van der Waals surface area contributed by atoms with Crippen LogP contribution >= 0.6 is 11.3 Å². The molecule has 0 aliphatic heterocycles. The summed E-state index contributed by atoms with van der Waals surface area (Å²) in [6.45, 7) is 1.65. The van der Waals surface area contributed by atoms with Crippen LogP contribution in [0, 0.1) is 17.0 Å². The average Bonchev–Trinajstić information content (AvgIpc) is 3.37. The molecule has 4 aromatic rings. The SMILES string of the molecule is Cc1[nH]n(-c2nc(-c3cccc([N+](=O)[O-])c3)cs2)c(=O)c1N=Nc1cccc(C(=O)O)c1. The summed E-state index contributed by atoms with van der Waals surface area (Å²) in [6, 6.07) is 11.9. The molecule has 12 heteroatoms. The molecule has 2 aromatic carbocycles. The molecular weight excluding hydrogens is 436 g/mol. The van der Waals surface area contributed by atoms with Crippen molar-refractivity contribution in [3.05, 3.63) is 85.6 Å². The van der Waals surface area contributed by atoms with Crippen LogP contribution in [0.2, 0.25) is 0 Å². The lowest BCUT2D eigenvalue weighted by atomic mass is 10.1. The largest absolute Gasteiger partial charge is 0.478 e. The van der Waals surface area contributed by atoms with E-state index in [1.165, 1.54) is 46.4 Å². The lowest BCUT2D eigenvalue weighted by molar-refractivity contribution is -0.384. The van der Waals surface area contributed by atoms with Crippen molar-refractivity contribution >= 4 is 34.4 Å². The summed E-state index contributed by atoms with van der Waals surface area (Å²) >= 11 is 1.18. The average molecular weight is 450 g/mol. The number of hydrogen-bond acceptors (Lipinski definition) is 8. The number of hydrogen-bond donors (Lipinski definition) is 2. The maximum Gasteiger partial charge on any atom is 0.335 e. The van der Waals surface area contributed by atoms with Crippen molar-refractivity contribution in [3.63, 3.8) is 0 Å². The van der Waals surface area contributed by atoms with Gasteiger partial charge in [-0.25, -0.2) is 9.78 Å². The van der Waals surface area contributed by atoms with Gasteiger partial charge < -0.3 is 5.11 Å². The first-order chi connectivity index (χ1) is 15.3. The molecule has 32 heavy (non-hydrogen) atoms. The van der Waals surface area contributed by atoms with Gasteiger partial charge in [-0.15, -0.1) is 16.5 Å². The summed E-state index contributed by atoms with van der Waals surface area (Å²) in [5.41, 5.74) is 1.34. The summed E-state index contributed by atoms with van der Waals surface area (Å²) in [7, 11) is 0. The number of aryl methyl sites for hydroxylation is 1. The van der Waals surface area contributed by atoms with Gasteiger partial charge in [0.1, 0.15) is 0 Å². The van der Waals surface area contributed by atoms with Crippen LogP contribution in [0.25, 0.3) is 16.4 Å². The van der Waals surface area contributed by atoms with Crippen molar-refractivity contribution in [3.8, 4) is 16.4 Å². The Morgan fingerprint density at radius 1 is 1.22 bits per heavy atom. The maximum atomic E-state index is 12.8. The molecule has 0 aliphatic carbocycles. The molecule has 0 aliphatic rings. The van der Waals surface area contributed by atoms with Crippen molar-refractivity contribution in [1.29, 1.82) is 0 Å². The standard InChI is InChI=1S/C20H14N6O5S/c1-11-17(23-22-14-6-2-5-13(8-14)19(28)29)18(27)25(24-11)20-21-16(10-32-20)12-4-3-7-15(9-12)26(30)31/h2-10,24H,1H3,(H,28,29). The fourth-order valence-electron chi connectivity index (χ4n) is 2.88. The number of carboxylic acid groups (broad SMARTS) is 1. The van der Waals surface area contributed by atoms with E-state index in [1.807, 2.05) is 0 Å². The second-order valence-electron chi connectivity index (χ2n) is 6.60. The zero-order valence-corrected chi connectivity index (χ0v) is 17.2. The van der Waals surface area contributed by atoms with E-state index in [4.69, 9.17) is 5.11 Å². The molecule has 0 fully saturated rings. The van der Waals surface area contributed by atoms with Crippen LogP contribution in [-0.2, 0) is 0 Å². The molecule has 0 saturated heterocycles. The number of nitrogens with zero attached hydrogens (tertiary/aromatic N) is 5. The number of H-pyrrole nitrogens is 1. The Bertz CT molecular complexity index is 1430. The molecule has 160 valence electrons. The number of nitrogens with one attached hydrogen (secondary N) is 1. The minimum Gasteiger partial charge on any atom is -0.478 e. The summed E-state index contributed by atoms with van der Waals surface area (Å²) in [5.74, 6) is -1.09. The first kappa shape index (κ1) is 20.8. The van der Waals surface area contributed by atoms with Gasteiger partial charge in [0.25, 0.3) is 5.69 Å². The van der Waals surface area contributed by atoms with Gasteiger partial charge in [-0.05, 0) is 25.1 Å². The van der Waals surface area contributed by atoms with E-state index in [2.05, 4.69) is 20.3 Å². The number of aromatic amines is 1. The Balaban J connectivity index is 1.65. The number of nitro groups is 1. The van der Waals surface area contributed by atoms with Gasteiger partial charge in [-0.1, -0.05) is 18.2 Å². The molecule has 0 atom stereocenters. The van der Waals surface area contributed by atoms with Crippen molar-refractivity contribution < 1.29 is 14.8 Å². The molecule has 0 spiro atoms. The molecule has 0 bridgehead atoms. The predicted molar refractivity (Wildman–Crippen MR) is 116 cm³/mol. The van der Waals surface area contributed by atoms with E-state index in [1.54, 1.807) is 30.5 Å². The summed E-state index contributed by atoms with van der Waals surface area (Å²) in [6.07, 6.45) is 0. The van der Waals surface area contributed by atoms with Crippen molar-refractivity contribution in [1.82, 2.24) is 14.8 Å². The fraction of sp³-hybridized carbons (Fsp3) is 0.0500. The third-order valence-electron chi connectivity index (χ3n) is 4.44. The van der Waals surface area contributed by atoms with Crippen molar-refractivity contribution in [2.75, 3.05) is 0 Å². The number of nitro benzene ring substituents is 1. The maximum absolute atomic E-state index is 12.8. The predicted octanol–water partition coefficient (Wildman–Crippen LogP) is 4.62. The van der Waals surface area contributed by atoms with Crippen molar-refractivity contribution in [2.45, 2.75) is 6.92 Å². The fourth-order valence-corrected chi connectivity index (χ4v) is 3.67. The highest BCUT2D eigenvalue weighted by molar-refractivity contribution is 7.12. The Hall–Kier alpha value is -4.45. The van der Waals surface area contributed by atoms with Gasteiger partial charge in [0.2, 0.25) is 5.13 Å². The Kier molecular flexibility index (Phi) is 5.43. The molecular formula is C20H14N6O5S. The Labute approximate surface area is 183 Å². The number of aromatic nitrogens is 3. The lowest BCUT2D eigenvalue weighted by Gasteiger charge is -1.97. The monoisotopic (exact) mass is 450 g/mol. The van der Waals surface area contributed by atoms with Crippen molar-refractivity contribution in [2.24, 2.45) is 10.2 Å². The van der Waals surface area contributed by atoms with Crippen LogP contribution in [0.5, 0.6) is 0 Å². The molecule has 2 heterocycles. The first-order valence-corrected chi connectivity index (χ1v) is 9.99. The molecule has 0 amide bonds. The van der Waals surface area contributed by atoms with Gasteiger partial charge >= 0.3 is 11.5 Å². The zero-order valence-electron chi connectivity index (χ0n) is 16.4. The molecule has 4 rings (SSSR count). The topological polar surface area (TPSA) is 156 Å². The highest BCUT2D eigenvalue weighted by Crippen LogP contribution is 2.27. The molecule has 0 unspecified atom stereocenters. The Morgan fingerprint density at radius 3 is 2.75 bits per heavy atom. The van der Waals surface area contributed by atoms with Gasteiger partial charge in [-0.3, -0.25) is 20.0 Å². The van der Waals surface area contributed by atoms with Gasteiger partial charge in [0.05, 0.1) is 27.6 Å². The number of thiazole rings is 1. The van der Waals surface area contributed by atoms with E-state index < -0.39 is 16.5 Å². The number of benzene rings is 2. The number of rotatable bonds is 6. The molecule has 0 radical (unpaired) electrons. The zero-order chi connectivity index (χ0) is 22.8. The second-order valence-corrected chi connectivity index (χ2v) is 7.44. The van der Waals surface area contributed by atoms with Crippen LogP contribution in [0.15, 0.2) is 68.9 Å². The van der Waals surface area contributed by atoms with Gasteiger partial charge in [0.15, 0.2) is 5.69 Å². The Morgan fingerprint density at radius 2 is 2.00 bits per heavy atom. The minimum absolute atomic E-state index is 0.0535. The number of non-ortho nitro benzene ring substituents is 1. The van der Waals surface area contributed by atoms with Crippen LogP contribution < -0.4 is 5.56 Å². The van der Waals surface area contributed by atoms with E-state index >= 15 is 0 Å². The molecule has 0 saturated carbocycles. The van der Waals surface area contributed by atoms with Crippen LogP contribution in [-0.4, -0.2) is 30.8 Å². The molecule has 2 N–H and O–H groups in total. The number of carbonyl (C=O) groups is 1. The minimum atomic E-state index is -1.09. The third-order valence-corrected chi connectivity index (χ3v) is 5.26. The van der Waals surface area contributed by atoms with Gasteiger partial charge in [-0.2, -0.15) is 9.80 Å². The number of carboxylic acids is 1. The molecule has 11 nitrogen and oxygen atoms in total. The van der Waals surface area contributed by atoms with Gasteiger partial charge in [0, 0.05) is 23.1 Å². The van der Waals surface area contributed by atoms with Crippen LogP contribution in [0.3, 0.4) is 0 Å². The highest BCUT2D eigenvalue weighted by atomic mass is 32.1. The normalized spacial score (nSPS) is 11.2. The smallest absolute Gasteiger partial charge is 0.335 e. The molecule has 2 aromatic heterocycles. The van der Waals surface area contributed by atoms with E-state index in [-0.39, 0.29) is 16.9 Å². The quantitative estimate of drug-likeness (QED) is 0.248. The second kappa shape index (κ2) is 8.35. The number of aromatic carboxylic acids is 1. The summed E-state index contributed by atoms with van der Waals surface area (Å²) in [4.78, 5) is 38.8. The number of azo groups is 1. The highest BCUT2D eigenvalue weighted by Gasteiger charge is 2.16. The van der Waals surface area contributed by atoms with E-state index in [0.29, 0.717) is 27.8 Å². The lowest BCUT2D eigenvalue weighted by Crippen LogP contribution is -2.13. The van der Waals surface area contributed by atoms with E-state index in [9.17, 15) is 19.7 Å². The third kappa shape index (κ3) is 4.06.